The number of carbonyl (C=O) groups excluding carboxylic acids is 2. The Balaban J connectivity index is 1.81. The quantitative estimate of drug-likeness (QED) is 0.836. The van der Waals surface area contributed by atoms with Gasteiger partial charge in [-0.3, -0.25) is 14.5 Å². The first-order chi connectivity index (χ1) is 11.8. The third-order valence-electron chi connectivity index (χ3n) is 5.28. The number of nitrogens with zero attached hydrogens (tertiary/aromatic N) is 3. The summed E-state index contributed by atoms with van der Waals surface area (Å²) < 4.78 is 5.73. The highest BCUT2D eigenvalue weighted by Crippen LogP contribution is 2.35. The zero-order valence-electron chi connectivity index (χ0n) is 15.7. The molecule has 6 nitrogen and oxygen atoms in total. The highest BCUT2D eigenvalue weighted by Gasteiger charge is 2.46. The van der Waals surface area contributed by atoms with E-state index in [1.165, 1.54) is 0 Å². The van der Waals surface area contributed by atoms with Crippen molar-refractivity contribution in [3.63, 3.8) is 0 Å². The molecular weight excluding hydrogens is 318 g/mol. The van der Waals surface area contributed by atoms with Crippen molar-refractivity contribution in [2.24, 2.45) is 11.3 Å². The van der Waals surface area contributed by atoms with Gasteiger partial charge in [0, 0.05) is 57.5 Å². The first kappa shape index (κ1) is 18.0. The number of carbonyl (C=O) groups is 2. The molecular formula is C19H29N3O3. The van der Waals surface area contributed by atoms with Gasteiger partial charge in [0.05, 0.1) is 6.54 Å². The first-order valence-electron chi connectivity index (χ1n) is 9.08. The van der Waals surface area contributed by atoms with Crippen LogP contribution < -0.4 is 0 Å². The molecule has 2 fully saturated rings. The van der Waals surface area contributed by atoms with E-state index in [0.717, 1.165) is 31.2 Å². The van der Waals surface area contributed by atoms with Gasteiger partial charge >= 0.3 is 0 Å². The molecule has 0 radical (unpaired) electrons. The van der Waals surface area contributed by atoms with Crippen molar-refractivity contribution in [1.82, 2.24) is 14.7 Å². The molecule has 3 rings (SSSR count). The molecule has 2 aliphatic rings. The Kier molecular flexibility index (Phi) is 4.91. The van der Waals surface area contributed by atoms with Crippen LogP contribution in [0.2, 0.25) is 0 Å². The lowest BCUT2D eigenvalue weighted by Crippen LogP contribution is -2.45. The van der Waals surface area contributed by atoms with Crippen LogP contribution in [-0.4, -0.2) is 66.3 Å². The summed E-state index contributed by atoms with van der Waals surface area (Å²) in [6, 6.07) is 3.99. The average molecular weight is 347 g/mol. The molecule has 1 aromatic rings. The molecule has 0 aliphatic carbocycles. The molecule has 2 saturated heterocycles. The summed E-state index contributed by atoms with van der Waals surface area (Å²) in [6.45, 7) is 10.2. The van der Waals surface area contributed by atoms with Crippen LogP contribution in [0, 0.1) is 18.3 Å². The first-order valence-corrected chi connectivity index (χ1v) is 9.08. The second kappa shape index (κ2) is 6.83. The maximum Gasteiger partial charge on any atom is 0.225 e. The molecule has 6 heteroatoms. The molecule has 25 heavy (non-hydrogen) atoms. The van der Waals surface area contributed by atoms with Crippen molar-refractivity contribution in [3.8, 4) is 0 Å². The van der Waals surface area contributed by atoms with Crippen molar-refractivity contribution < 1.29 is 14.0 Å². The number of hydrogen-bond acceptors (Lipinski definition) is 4. The lowest BCUT2D eigenvalue weighted by Gasteiger charge is -2.33. The molecule has 0 N–H and O–H groups in total. The number of hydrogen-bond donors (Lipinski definition) is 0. The van der Waals surface area contributed by atoms with E-state index in [9.17, 15) is 9.59 Å². The molecule has 1 atom stereocenters. The molecule has 1 unspecified atom stereocenters. The van der Waals surface area contributed by atoms with Crippen LogP contribution in [0.5, 0.6) is 0 Å². The van der Waals surface area contributed by atoms with Gasteiger partial charge < -0.3 is 14.2 Å². The second-order valence-electron chi connectivity index (χ2n) is 8.06. The van der Waals surface area contributed by atoms with Gasteiger partial charge in [-0.25, -0.2) is 0 Å². The number of likely N-dealkylation sites (tertiary alicyclic amines) is 1. The molecule has 3 heterocycles. The van der Waals surface area contributed by atoms with Gasteiger partial charge in [0.25, 0.3) is 0 Å². The van der Waals surface area contributed by atoms with Crippen LogP contribution in [0.3, 0.4) is 0 Å². The van der Waals surface area contributed by atoms with E-state index in [4.69, 9.17) is 4.42 Å². The van der Waals surface area contributed by atoms with Crippen LogP contribution in [0.4, 0.5) is 0 Å². The Morgan fingerprint density at radius 2 is 2.00 bits per heavy atom. The van der Waals surface area contributed by atoms with Crippen molar-refractivity contribution in [2.75, 3.05) is 39.8 Å². The third-order valence-corrected chi connectivity index (χ3v) is 5.28. The van der Waals surface area contributed by atoms with Crippen LogP contribution in [0.25, 0.3) is 0 Å². The monoisotopic (exact) mass is 347 g/mol. The fourth-order valence-corrected chi connectivity index (χ4v) is 4.14. The summed E-state index contributed by atoms with van der Waals surface area (Å²) in [5.41, 5.74) is -0.186. The van der Waals surface area contributed by atoms with Crippen molar-refractivity contribution >= 4 is 11.8 Å². The van der Waals surface area contributed by atoms with Crippen molar-refractivity contribution in [2.45, 2.75) is 33.7 Å². The van der Waals surface area contributed by atoms with Crippen LogP contribution in [0.15, 0.2) is 16.5 Å². The standard InChI is InChI=1S/C19H29N3O3/c1-14(2)18(24)22-8-7-21(10-16-6-5-15(3)25-16)12-19(13-22)9-17(23)20(4)11-19/h5-6,14H,7-13H2,1-4H3. The van der Waals surface area contributed by atoms with E-state index in [-0.39, 0.29) is 23.1 Å². The van der Waals surface area contributed by atoms with E-state index in [0.29, 0.717) is 26.1 Å². The molecule has 138 valence electrons. The SMILES string of the molecule is Cc1ccc(CN2CCN(C(=O)C(C)C)CC3(CC(=O)N(C)C3)C2)o1. The molecule has 2 aliphatic heterocycles. The highest BCUT2D eigenvalue weighted by molar-refractivity contribution is 5.80. The summed E-state index contributed by atoms with van der Waals surface area (Å²) in [5, 5.41) is 0. The number of amides is 2. The normalized spacial score (nSPS) is 25.2. The van der Waals surface area contributed by atoms with E-state index in [1.54, 1.807) is 4.90 Å². The Bertz CT molecular complexity index is 654. The van der Waals surface area contributed by atoms with Crippen LogP contribution in [0.1, 0.15) is 31.8 Å². The maximum absolute atomic E-state index is 12.6. The Morgan fingerprint density at radius 1 is 1.24 bits per heavy atom. The predicted molar refractivity (Wildman–Crippen MR) is 94.8 cm³/mol. The molecule has 1 aromatic heterocycles. The zero-order valence-corrected chi connectivity index (χ0v) is 15.7. The largest absolute Gasteiger partial charge is 0.465 e. The van der Waals surface area contributed by atoms with Gasteiger partial charge in [0.1, 0.15) is 11.5 Å². The fraction of sp³-hybridized carbons (Fsp3) is 0.684. The summed E-state index contributed by atoms with van der Waals surface area (Å²) in [5.74, 6) is 2.18. The van der Waals surface area contributed by atoms with Gasteiger partial charge in [0.15, 0.2) is 0 Å². The molecule has 0 bridgehead atoms. The van der Waals surface area contributed by atoms with E-state index in [2.05, 4.69) is 4.90 Å². The fourth-order valence-electron chi connectivity index (χ4n) is 4.14. The predicted octanol–water partition coefficient (Wildman–Crippen LogP) is 1.74. The second-order valence-corrected chi connectivity index (χ2v) is 8.06. The molecule has 1 spiro atoms. The molecule has 0 saturated carbocycles. The molecule has 2 amide bonds. The van der Waals surface area contributed by atoms with Crippen molar-refractivity contribution in [1.29, 1.82) is 0 Å². The van der Waals surface area contributed by atoms with E-state index in [1.807, 2.05) is 44.9 Å². The minimum atomic E-state index is -0.186. The lowest BCUT2D eigenvalue weighted by molar-refractivity contribution is -0.135. The summed E-state index contributed by atoms with van der Waals surface area (Å²) in [6.07, 6.45) is 0.513. The smallest absolute Gasteiger partial charge is 0.225 e. The zero-order chi connectivity index (χ0) is 18.2. The lowest BCUT2D eigenvalue weighted by atomic mass is 9.85. The maximum atomic E-state index is 12.6. The third kappa shape index (κ3) is 3.89. The minimum Gasteiger partial charge on any atom is -0.465 e. The van der Waals surface area contributed by atoms with E-state index < -0.39 is 0 Å². The van der Waals surface area contributed by atoms with E-state index >= 15 is 0 Å². The number of rotatable bonds is 3. The number of furan rings is 1. The minimum absolute atomic E-state index is 0.0221. The highest BCUT2D eigenvalue weighted by atomic mass is 16.3. The Labute approximate surface area is 149 Å². The topological polar surface area (TPSA) is 57.0 Å². The van der Waals surface area contributed by atoms with Crippen LogP contribution >= 0.6 is 0 Å². The average Bonchev–Trinajstić information content (AvgIpc) is 2.99. The summed E-state index contributed by atoms with van der Waals surface area (Å²) >= 11 is 0. The van der Waals surface area contributed by atoms with Gasteiger partial charge in [0.2, 0.25) is 11.8 Å². The van der Waals surface area contributed by atoms with Gasteiger partial charge in [-0.2, -0.15) is 0 Å². The van der Waals surface area contributed by atoms with Gasteiger partial charge in [-0.1, -0.05) is 13.8 Å². The molecule has 0 aromatic carbocycles. The van der Waals surface area contributed by atoms with Gasteiger partial charge in [-0.05, 0) is 19.1 Å². The number of aryl methyl sites for hydroxylation is 1. The Morgan fingerprint density at radius 3 is 2.56 bits per heavy atom. The van der Waals surface area contributed by atoms with Crippen LogP contribution in [-0.2, 0) is 16.1 Å². The van der Waals surface area contributed by atoms with Crippen molar-refractivity contribution in [3.05, 3.63) is 23.7 Å². The summed E-state index contributed by atoms with van der Waals surface area (Å²) in [7, 11) is 1.86. The summed E-state index contributed by atoms with van der Waals surface area (Å²) in [4.78, 5) is 30.9. The van der Waals surface area contributed by atoms with Gasteiger partial charge in [-0.15, -0.1) is 0 Å². The Hall–Kier alpha value is -1.82.